The Balaban J connectivity index is 1.90. The number of nitrogens with zero attached hydrogens (tertiary/aromatic N) is 2. The lowest BCUT2D eigenvalue weighted by Gasteiger charge is -2.25. The fourth-order valence-electron chi connectivity index (χ4n) is 2.66. The molecule has 30 heavy (non-hydrogen) atoms. The van der Waals surface area contributed by atoms with Crippen molar-refractivity contribution >= 4 is 35.7 Å². The first kappa shape index (κ1) is 22.1. The van der Waals surface area contributed by atoms with Crippen LogP contribution in [0.1, 0.15) is 35.0 Å². The zero-order valence-corrected chi connectivity index (χ0v) is 18.4. The number of hydrogen-bond donors (Lipinski definition) is 2. The first-order chi connectivity index (χ1) is 14.6. The number of para-hydroxylation sites is 1. The van der Waals surface area contributed by atoms with E-state index in [1.54, 1.807) is 38.1 Å². The molecule has 0 radical (unpaired) electrons. The summed E-state index contributed by atoms with van der Waals surface area (Å²) >= 11 is 1.17. The molecule has 158 valence electrons. The molecule has 8 nitrogen and oxygen atoms in total. The molecule has 1 aromatic heterocycles. The Labute approximate surface area is 179 Å². The molecule has 1 amide bonds. The minimum atomic E-state index is -3.75. The van der Waals surface area contributed by atoms with Crippen LogP contribution in [-0.2, 0) is 13.6 Å². The summed E-state index contributed by atoms with van der Waals surface area (Å²) in [5, 5.41) is 15.0. The minimum absolute atomic E-state index is 0.156. The highest BCUT2D eigenvalue weighted by Crippen LogP contribution is 2.60. The summed E-state index contributed by atoms with van der Waals surface area (Å²) in [6.45, 7) is 3.74. The normalized spacial score (nSPS) is 12.3. The lowest BCUT2D eigenvalue weighted by Crippen LogP contribution is -2.29. The van der Waals surface area contributed by atoms with Crippen LogP contribution in [0.4, 0.5) is 10.8 Å². The van der Waals surface area contributed by atoms with Gasteiger partial charge in [-0.1, -0.05) is 47.7 Å². The third kappa shape index (κ3) is 5.52. The van der Waals surface area contributed by atoms with Crippen molar-refractivity contribution in [3.63, 3.8) is 0 Å². The number of carbonyl (C=O) groups excluding carboxylic acids is 1. The molecule has 0 bridgehead atoms. The molecule has 3 rings (SSSR count). The van der Waals surface area contributed by atoms with Crippen molar-refractivity contribution in [1.82, 2.24) is 15.5 Å². The molecule has 0 saturated carbocycles. The van der Waals surface area contributed by atoms with Gasteiger partial charge in [0.15, 0.2) is 10.8 Å². The van der Waals surface area contributed by atoms with E-state index in [1.807, 2.05) is 36.4 Å². The molecular weight excluding hydrogens is 423 g/mol. The van der Waals surface area contributed by atoms with E-state index in [1.165, 1.54) is 11.3 Å². The van der Waals surface area contributed by atoms with Gasteiger partial charge in [-0.25, -0.2) is 0 Å². The number of benzene rings is 2. The fourth-order valence-corrected chi connectivity index (χ4v) is 5.60. The van der Waals surface area contributed by atoms with Gasteiger partial charge in [0.1, 0.15) is 0 Å². The number of aromatic nitrogens is 2. The zero-order chi connectivity index (χ0) is 21.4. The molecule has 1 atom stereocenters. The standard InChI is InChI=1S/C20H23N4O4PS/c1-3-27-29(26,28-4-2)18(22-17(25)15-11-7-5-8-12-15)19-23-24-20(30-19)21-16-13-9-6-10-14-16/h5-14,18H,3-4H2,1-2H3,(H,21,24)(H,22,25). The average molecular weight is 446 g/mol. The van der Waals surface area contributed by atoms with Gasteiger partial charge in [0, 0.05) is 11.3 Å². The number of anilines is 2. The van der Waals surface area contributed by atoms with Gasteiger partial charge in [0.25, 0.3) is 5.91 Å². The van der Waals surface area contributed by atoms with E-state index in [0.717, 1.165) is 5.69 Å². The van der Waals surface area contributed by atoms with Gasteiger partial charge in [-0.2, -0.15) is 0 Å². The monoisotopic (exact) mass is 446 g/mol. The zero-order valence-electron chi connectivity index (χ0n) is 16.6. The lowest BCUT2D eigenvalue weighted by molar-refractivity contribution is 0.0937. The number of rotatable bonds is 10. The van der Waals surface area contributed by atoms with E-state index in [4.69, 9.17) is 9.05 Å². The van der Waals surface area contributed by atoms with E-state index in [9.17, 15) is 9.36 Å². The number of carbonyl (C=O) groups is 1. The van der Waals surface area contributed by atoms with Gasteiger partial charge in [0.2, 0.25) is 5.13 Å². The summed E-state index contributed by atoms with van der Waals surface area (Å²) < 4.78 is 24.5. The average Bonchev–Trinajstić information content (AvgIpc) is 3.21. The number of hydrogen-bond acceptors (Lipinski definition) is 8. The summed E-state index contributed by atoms with van der Waals surface area (Å²) in [4.78, 5) is 12.8. The van der Waals surface area contributed by atoms with Crippen molar-refractivity contribution in [2.24, 2.45) is 0 Å². The maximum Gasteiger partial charge on any atom is 0.359 e. The van der Waals surface area contributed by atoms with E-state index >= 15 is 0 Å². The quantitative estimate of drug-likeness (QED) is 0.424. The van der Waals surface area contributed by atoms with Crippen LogP contribution >= 0.6 is 18.9 Å². The molecule has 2 N–H and O–H groups in total. The Kier molecular flexibility index (Phi) is 7.70. The molecule has 0 fully saturated rings. The van der Waals surface area contributed by atoms with E-state index in [0.29, 0.717) is 15.7 Å². The second-order valence-electron chi connectivity index (χ2n) is 6.05. The highest BCUT2D eigenvalue weighted by molar-refractivity contribution is 7.54. The molecular formula is C20H23N4O4PS. The number of nitrogens with one attached hydrogen (secondary N) is 2. The maximum absolute atomic E-state index is 13.5. The summed E-state index contributed by atoms with van der Waals surface area (Å²) in [7, 11) is -3.75. The van der Waals surface area contributed by atoms with E-state index in [-0.39, 0.29) is 13.2 Å². The van der Waals surface area contributed by atoms with Crippen LogP contribution in [0.3, 0.4) is 0 Å². The second kappa shape index (κ2) is 10.4. The molecule has 0 saturated heterocycles. The highest BCUT2D eigenvalue weighted by Gasteiger charge is 2.41. The van der Waals surface area contributed by atoms with Crippen LogP contribution in [0.25, 0.3) is 0 Å². The van der Waals surface area contributed by atoms with Crippen molar-refractivity contribution in [3.05, 3.63) is 71.2 Å². The summed E-state index contributed by atoms with van der Waals surface area (Å²) in [5.74, 6) is -1.50. The highest BCUT2D eigenvalue weighted by atomic mass is 32.1. The molecule has 1 unspecified atom stereocenters. The van der Waals surface area contributed by atoms with Gasteiger partial charge < -0.3 is 19.7 Å². The van der Waals surface area contributed by atoms with Gasteiger partial charge in [-0.05, 0) is 38.1 Å². The van der Waals surface area contributed by atoms with Gasteiger partial charge in [0.05, 0.1) is 13.2 Å². The molecule has 2 aromatic carbocycles. The Hall–Kier alpha value is -2.58. The van der Waals surface area contributed by atoms with Crippen LogP contribution in [0.5, 0.6) is 0 Å². The van der Waals surface area contributed by atoms with Gasteiger partial charge >= 0.3 is 7.60 Å². The van der Waals surface area contributed by atoms with Crippen LogP contribution in [-0.4, -0.2) is 29.3 Å². The Bertz CT molecular complexity index is 990. The molecule has 3 aromatic rings. The summed E-state index contributed by atoms with van der Waals surface area (Å²) in [6, 6.07) is 18.1. The minimum Gasteiger partial charge on any atom is -0.332 e. The van der Waals surface area contributed by atoms with Crippen LogP contribution in [0, 0.1) is 0 Å². The van der Waals surface area contributed by atoms with Crippen molar-refractivity contribution in [2.75, 3.05) is 18.5 Å². The third-order valence-electron chi connectivity index (χ3n) is 3.94. The molecule has 0 aliphatic rings. The predicted molar refractivity (Wildman–Crippen MR) is 117 cm³/mol. The molecule has 1 heterocycles. The van der Waals surface area contributed by atoms with Crippen molar-refractivity contribution in [2.45, 2.75) is 19.6 Å². The predicted octanol–water partition coefficient (Wildman–Crippen LogP) is 4.98. The Morgan fingerprint density at radius 3 is 2.20 bits per heavy atom. The van der Waals surface area contributed by atoms with Crippen molar-refractivity contribution < 1.29 is 18.4 Å². The topological polar surface area (TPSA) is 102 Å². The van der Waals surface area contributed by atoms with Gasteiger partial charge in [-0.15, -0.1) is 10.2 Å². The molecule has 0 spiro atoms. The summed E-state index contributed by atoms with van der Waals surface area (Å²) in [6.07, 6.45) is 0. The maximum atomic E-state index is 13.5. The van der Waals surface area contributed by atoms with Crippen LogP contribution in [0.15, 0.2) is 60.7 Å². The Morgan fingerprint density at radius 1 is 1.00 bits per heavy atom. The Morgan fingerprint density at radius 2 is 1.60 bits per heavy atom. The smallest absolute Gasteiger partial charge is 0.332 e. The lowest BCUT2D eigenvalue weighted by atomic mass is 10.2. The van der Waals surface area contributed by atoms with Crippen LogP contribution in [0.2, 0.25) is 0 Å². The molecule has 0 aliphatic heterocycles. The van der Waals surface area contributed by atoms with Crippen molar-refractivity contribution in [1.29, 1.82) is 0 Å². The third-order valence-corrected chi connectivity index (χ3v) is 7.26. The van der Waals surface area contributed by atoms with Crippen LogP contribution < -0.4 is 10.6 Å². The number of amides is 1. The molecule has 10 heteroatoms. The van der Waals surface area contributed by atoms with Gasteiger partial charge in [-0.3, -0.25) is 9.36 Å². The van der Waals surface area contributed by atoms with Crippen molar-refractivity contribution in [3.8, 4) is 0 Å². The van der Waals surface area contributed by atoms with E-state index < -0.39 is 19.3 Å². The fraction of sp³-hybridized carbons (Fsp3) is 0.250. The SMILES string of the molecule is CCOP(=O)(OCC)C(NC(=O)c1ccccc1)c1nnc(Nc2ccccc2)s1. The summed E-state index contributed by atoms with van der Waals surface area (Å²) in [5.41, 5.74) is 1.26. The first-order valence-electron chi connectivity index (χ1n) is 9.46. The second-order valence-corrected chi connectivity index (χ2v) is 9.18. The molecule has 0 aliphatic carbocycles. The van der Waals surface area contributed by atoms with E-state index in [2.05, 4.69) is 20.8 Å². The largest absolute Gasteiger partial charge is 0.359 e. The first-order valence-corrected chi connectivity index (χ1v) is 11.9.